The predicted molar refractivity (Wildman–Crippen MR) is 108 cm³/mol. The number of carbonyl (C=O) groups excluding carboxylic acids is 1. The summed E-state index contributed by atoms with van der Waals surface area (Å²) in [5.74, 6) is 1.92. The van der Waals surface area contributed by atoms with Crippen molar-refractivity contribution in [3.05, 3.63) is 24.3 Å². The normalized spacial score (nSPS) is 15.8. The first-order valence-electron chi connectivity index (χ1n) is 9.64. The molecule has 27 heavy (non-hydrogen) atoms. The van der Waals surface area contributed by atoms with E-state index in [1.807, 2.05) is 35.9 Å². The van der Waals surface area contributed by atoms with Crippen LogP contribution in [0.15, 0.2) is 29.4 Å². The average Bonchev–Trinajstić information content (AvgIpc) is 3.02. The second-order valence-electron chi connectivity index (χ2n) is 6.96. The Balaban J connectivity index is 1.58. The van der Waals surface area contributed by atoms with Crippen LogP contribution in [0, 0.1) is 0 Å². The number of benzene rings is 1. The van der Waals surface area contributed by atoms with Gasteiger partial charge in [0.05, 0.1) is 18.4 Å². The highest BCUT2D eigenvalue weighted by Crippen LogP contribution is 2.30. The van der Waals surface area contributed by atoms with Crippen LogP contribution in [0.4, 0.5) is 0 Å². The maximum absolute atomic E-state index is 12.4. The van der Waals surface area contributed by atoms with Crippen LogP contribution in [0.3, 0.4) is 0 Å². The van der Waals surface area contributed by atoms with Gasteiger partial charge in [0.25, 0.3) is 0 Å². The van der Waals surface area contributed by atoms with Gasteiger partial charge in [0.1, 0.15) is 5.75 Å². The molecule has 1 aromatic carbocycles. The molecule has 0 aliphatic heterocycles. The Hall–Kier alpha value is -2.02. The van der Waals surface area contributed by atoms with E-state index in [4.69, 9.17) is 4.74 Å². The minimum absolute atomic E-state index is 0.0763. The summed E-state index contributed by atoms with van der Waals surface area (Å²) >= 11 is 1.42. The Morgan fingerprint density at radius 3 is 2.63 bits per heavy atom. The summed E-state index contributed by atoms with van der Waals surface area (Å²) in [6, 6.07) is 8.05. The van der Waals surface area contributed by atoms with Gasteiger partial charge in [-0.2, -0.15) is 0 Å². The van der Waals surface area contributed by atoms with Gasteiger partial charge >= 0.3 is 0 Å². The van der Waals surface area contributed by atoms with Crippen LogP contribution in [-0.4, -0.2) is 39.6 Å². The lowest BCUT2D eigenvalue weighted by Crippen LogP contribution is -2.36. The number of carbonyl (C=O) groups is 1. The molecule has 0 saturated heterocycles. The number of hydrogen-bond acceptors (Lipinski definition) is 5. The molecule has 1 N–H and O–H groups in total. The Kier molecular flexibility index (Phi) is 7.15. The first kappa shape index (κ1) is 19.7. The van der Waals surface area contributed by atoms with E-state index in [2.05, 4.69) is 15.5 Å². The van der Waals surface area contributed by atoms with E-state index in [9.17, 15) is 4.79 Å². The average molecular weight is 389 g/mol. The molecule has 2 aromatic rings. The lowest BCUT2D eigenvalue weighted by Gasteiger charge is -2.20. The molecule has 1 heterocycles. The number of amides is 1. The molecule has 1 aliphatic rings. The molecule has 146 valence electrons. The van der Waals surface area contributed by atoms with Crippen LogP contribution >= 0.6 is 11.8 Å². The van der Waals surface area contributed by atoms with E-state index < -0.39 is 0 Å². The number of hydrogen-bond donors (Lipinski definition) is 1. The van der Waals surface area contributed by atoms with Gasteiger partial charge in [0.15, 0.2) is 11.0 Å². The summed E-state index contributed by atoms with van der Waals surface area (Å²) in [6.45, 7) is 0. The zero-order valence-electron chi connectivity index (χ0n) is 16.1. The zero-order valence-corrected chi connectivity index (χ0v) is 16.9. The maximum Gasteiger partial charge on any atom is 0.230 e. The topological polar surface area (TPSA) is 69.0 Å². The molecule has 0 atom stereocenters. The summed E-state index contributed by atoms with van der Waals surface area (Å²) in [7, 11) is 3.56. The molecule has 1 fully saturated rings. The minimum Gasteiger partial charge on any atom is -0.496 e. The van der Waals surface area contributed by atoms with Gasteiger partial charge in [-0.1, -0.05) is 56.0 Å². The highest BCUT2D eigenvalue weighted by atomic mass is 32.2. The van der Waals surface area contributed by atoms with Crippen molar-refractivity contribution in [3.63, 3.8) is 0 Å². The van der Waals surface area contributed by atoms with E-state index >= 15 is 0 Å². The molecule has 0 radical (unpaired) electrons. The smallest absolute Gasteiger partial charge is 0.230 e. The number of rotatable bonds is 6. The van der Waals surface area contributed by atoms with Crippen molar-refractivity contribution in [2.24, 2.45) is 7.05 Å². The van der Waals surface area contributed by atoms with Crippen molar-refractivity contribution >= 4 is 17.7 Å². The van der Waals surface area contributed by atoms with Crippen LogP contribution in [0.1, 0.15) is 44.9 Å². The number of aromatic nitrogens is 3. The molecule has 1 aromatic heterocycles. The standard InChI is InChI=1S/C20H28N4O2S/c1-24-19(16-12-8-9-13-17(16)26-2)22-23-20(24)27-14-18(25)21-15-10-6-4-3-5-7-11-15/h8-9,12-13,15H,3-7,10-11,14H2,1-2H3,(H,21,25). The number of ether oxygens (including phenoxy) is 1. The van der Waals surface area contributed by atoms with Crippen molar-refractivity contribution in [3.8, 4) is 17.1 Å². The molecular formula is C20H28N4O2S. The van der Waals surface area contributed by atoms with E-state index in [0.717, 1.165) is 35.1 Å². The molecule has 0 bridgehead atoms. The van der Waals surface area contributed by atoms with Crippen molar-refractivity contribution in [1.29, 1.82) is 0 Å². The molecule has 7 heteroatoms. The van der Waals surface area contributed by atoms with Crippen molar-refractivity contribution in [2.75, 3.05) is 12.9 Å². The van der Waals surface area contributed by atoms with Gasteiger partial charge in [0.2, 0.25) is 5.91 Å². The van der Waals surface area contributed by atoms with Crippen LogP contribution in [0.2, 0.25) is 0 Å². The fraction of sp³-hybridized carbons (Fsp3) is 0.550. The van der Waals surface area contributed by atoms with Crippen LogP contribution < -0.4 is 10.1 Å². The summed E-state index contributed by atoms with van der Waals surface area (Å²) in [5, 5.41) is 12.5. The van der Waals surface area contributed by atoms with Crippen molar-refractivity contribution < 1.29 is 9.53 Å². The Labute approximate surface area is 165 Å². The van der Waals surface area contributed by atoms with Crippen molar-refractivity contribution in [1.82, 2.24) is 20.1 Å². The van der Waals surface area contributed by atoms with Gasteiger partial charge in [-0.05, 0) is 25.0 Å². The summed E-state index contributed by atoms with van der Waals surface area (Å²) < 4.78 is 7.32. The minimum atomic E-state index is 0.0763. The second kappa shape index (κ2) is 9.78. The van der Waals surface area contributed by atoms with Gasteiger partial charge in [0, 0.05) is 13.1 Å². The van der Waals surface area contributed by atoms with E-state index in [0.29, 0.717) is 11.8 Å². The molecule has 1 aliphatic carbocycles. The maximum atomic E-state index is 12.4. The first-order valence-corrected chi connectivity index (χ1v) is 10.6. The van der Waals surface area contributed by atoms with Gasteiger partial charge in [-0.3, -0.25) is 4.79 Å². The van der Waals surface area contributed by atoms with Gasteiger partial charge in [-0.15, -0.1) is 10.2 Å². The van der Waals surface area contributed by atoms with Gasteiger partial charge < -0.3 is 14.6 Å². The third-order valence-electron chi connectivity index (χ3n) is 4.99. The van der Waals surface area contributed by atoms with Crippen molar-refractivity contribution in [2.45, 2.75) is 56.1 Å². The highest BCUT2D eigenvalue weighted by Gasteiger charge is 2.17. The fourth-order valence-corrected chi connectivity index (χ4v) is 4.23. The Morgan fingerprint density at radius 2 is 1.89 bits per heavy atom. The molecule has 0 spiro atoms. The third-order valence-corrected chi connectivity index (χ3v) is 6.01. The molecular weight excluding hydrogens is 360 g/mol. The Morgan fingerprint density at radius 1 is 1.19 bits per heavy atom. The van der Waals surface area contributed by atoms with Crippen LogP contribution in [-0.2, 0) is 11.8 Å². The molecule has 6 nitrogen and oxygen atoms in total. The number of methoxy groups -OCH3 is 1. The molecule has 1 amide bonds. The Bertz CT molecular complexity index is 754. The van der Waals surface area contributed by atoms with Crippen LogP contribution in [0.25, 0.3) is 11.4 Å². The fourth-order valence-electron chi connectivity index (χ4n) is 3.50. The summed E-state index contributed by atoms with van der Waals surface area (Å²) in [4.78, 5) is 12.4. The summed E-state index contributed by atoms with van der Waals surface area (Å²) in [6.07, 6.45) is 8.51. The third kappa shape index (κ3) is 5.25. The van der Waals surface area contributed by atoms with E-state index in [-0.39, 0.29) is 5.91 Å². The van der Waals surface area contributed by atoms with E-state index in [1.165, 1.54) is 43.9 Å². The van der Waals surface area contributed by atoms with Gasteiger partial charge in [-0.25, -0.2) is 0 Å². The molecule has 0 unspecified atom stereocenters. The monoisotopic (exact) mass is 388 g/mol. The number of para-hydroxylation sites is 1. The lowest BCUT2D eigenvalue weighted by molar-refractivity contribution is -0.119. The number of nitrogens with zero attached hydrogens (tertiary/aromatic N) is 3. The highest BCUT2D eigenvalue weighted by molar-refractivity contribution is 7.99. The predicted octanol–water partition coefficient (Wildman–Crippen LogP) is 3.81. The second-order valence-corrected chi connectivity index (χ2v) is 7.91. The quantitative estimate of drug-likeness (QED) is 0.762. The SMILES string of the molecule is COc1ccccc1-c1nnc(SCC(=O)NC2CCCCCCC2)n1C. The van der Waals surface area contributed by atoms with Crippen LogP contribution in [0.5, 0.6) is 5.75 Å². The first-order chi connectivity index (χ1) is 13.2. The number of thioether (sulfide) groups is 1. The lowest BCUT2D eigenvalue weighted by atomic mass is 9.97. The number of nitrogens with one attached hydrogen (secondary N) is 1. The molecule has 3 rings (SSSR count). The van der Waals surface area contributed by atoms with E-state index in [1.54, 1.807) is 7.11 Å². The molecule has 1 saturated carbocycles. The summed E-state index contributed by atoms with van der Waals surface area (Å²) in [5.41, 5.74) is 0.890. The zero-order chi connectivity index (χ0) is 19.1. The largest absolute Gasteiger partial charge is 0.496 e.